The van der Waals surface area contributed by atoms with E-state index in [0.29, 0.717) is 23.5 Å². The first-order valence-corrected chi connectivity index (χ1v) is 10.7. The first-order valence-electron chi connectivity index (χ1n) is 10.7. The second-order valence-corrected chi connectivity index (χ2v) is 8.05. The summed E-state index contributed by atoms with van der Waals surface area (Å²) in [5, 5.41) is 5.47. The summed E-state index contributed by atoms with van der Waals surface area (Å²) in [6.45, 7) is 4.25. The average molecular weight is 444 g/mol. The van der Waals surface area contributed by atoms with E-state index in [0.717, 1.165) is 16.8 Å². The highest BCUT2D eigenvalue weighted by atomic mass is 16.6. The third kappa shape index (κ3) is 5.38. The fourth-order valence-electron chi connectivity index (χ4n) is 3.73. The number of amides is 3. The van der Waals surface area contributed by atoms with Gasteiger partial charge in [-0.1, -0.05) is 30.3 Å². The first-order chi connectivity index (χ1) is 15.9. The number of aryl methyl sites for hydroxylation is 2. The number of hydrogen-bond donors (Lipinski definition) is 2. The maximum Gasteiger partial charge on any atom is 0.411 e. The van der Waals surface area contributed by atoms with Gasteiger partial charge in [0.2, 0.25) is 5.91 Å². The summed E-state index contributed by atoms with van der Waals surface area (Å²) in [6, 6.07) is 21.6. The topological polar surface area (TPSA) is 87.7 Å². The molecule has 7 heteroatoms. The number of ether oxygens (including phenoxy) is 1. The lowest BCUT2D eigenvalue weighted by Gasteiger charge is -2.19. The Morgan fingerprint density at radius 1 is 0.909 bits per heavy atom. The van der Waals surface area contributed by atoms with Gasteiger partial charge in [0.15, 0.2) is 0 Å². The quantitative estimate of drug-likeness (QED) is 0.587. The zero-order valence-corrected chi connectivity index (χ0v) is 18.5. The SMILES string of the molecule is Cc1ccc(C)c(N2CC(OC(=O)Nc3ccc(NC(=O)c4ccccc4)cc3)CC2=O)c1. The number of nitrogens with zero attached hydrogens (tertiary/aromatic N) is 1. The summed E-state index contributed by atoms with van der Waals surface area (Å²) in [7, 11) is 0. The van der Waals surface area contributed by atoms with Crippen LogP contribution in [0.4, 0.5) is 21.9 Å². The third-order valence-electron chi connectivity index (χ3n) is 5.44. The lowest BCUT2D eigenvalue weighted by Crippen LogP contribution is -2.28. The van der Waals surface area contributed by atoms with Crippen LogP contribution >= 0.6 is 0 Å². The van der Waals surface area contributed by atoms with Crippen molar-refractivity contribution in [2.24, 2.45) is 0 Å². The van der Waals surface area contributed by atoms with E-state index in [9.17, 15) is 14.4 Å². The Morgan fingerprint density at radius 2 is 1.58 bits per heavy atom. The smallest absolute Gasteiger partial charge is 0.411 e. The van der Waals surface area contributed by atoms with E-state index in [-0.39, 0.29) is 18.2 Å². The third-order valence-corrected chi connectivity index (χ3v) is 5.44. The van der Waals surface area contributed by atoms with Crippen LogP contribution < -0.4 is 15.5 Å². The van der Waals surface area contributed by atoms with Crippen molar-refractivity contribution in [3.8, 4) is 0 Å². The van der Waals surface area contributed by atoms with E-state index in [2.05, 4.69) is 10.6 Å². The molecular formula is C26H25N3O4. The van der Waals surface area contributed by atoms with E-state index >= 15 is 0 Å². The van der Waals surface area contributed by atoms with Crippen LogP contribution in [0.25, 0.3) is 0 Å². The summed E-state index contributed by atoms with van der Waals surface area (Å²) in [5.41, 5.74) is 4.60. The Hall–Kier alpha value is -4.13. The van der Waals surface area contributed by atoms with Crippen LogP contribution in [-0.4, -0.2) is 30.6 Å². The van der Waals surface area contributed by atoms with Gasteiger partial charge in [0.1, 0.15) is 6.10 Å². The summed E-state index contributed by atoms with van der Waals surface area (Å²) in [5.74, 6) is -0.282. The Bertz CT molecular complexity index is 1180. The summed E-state index contributed by atoms with van der Waals surface area (Å²) < 4.78 is 5.48. The molecule has 1 atom stereocenters. The molecule has 2 N–H and O–H groups in total. The molecule has 0 bridgehead atoms. The molecule has 168 valence electrons. The van der Waals surface area contributed by atoms with Crippen molar-refractivity contribution >= 4 is 35.0 Å². The van der Waals surface area contributed by atoms with Crippen molar-refractivity contribution in [1.82, 2.24) is 0 Å². The molecule has 0 aromatic heterocycles. The highest BCUT2D eigenvalue weighted by Gasteiger charge is 2.34. The monoisotopic (exact) mass is 443 g/mol. The maximum atomic E-state index is 12.5. The molecule has 4 rings (SSSR count). The molecule has 0 radical (unpaired) electrons. The van der Waals surface area contributed by atoms with E-state index < -0.39 is 12.2 Å². The lowest BCUT2D eigenvalue weighted by atomic mass is 10.1. The number of rotatable bonds is 5. The van der Waals surface area contributed by atoms with Gasteiger partial charge in [0.25, 0.3) is 5.91 Å². The fraction of sp³-hybridized carbons (Fsp3) is 0.192. The maximum absolute atomic E-state index is 12.5. The number of carbonyl (C=O) groups is 3. The summed E-state index contributed by atoms with van der Waals surface area (Å²) in [4.78, 5) is 38.8. The number of anilines is 3. The van der Waals surface area contributed by atoms with Crippen molar-refractivity contribution in [3.05, 3.63) is 89.5 Å². The van der Waals surface area contributed by atoms with Crippen molar-refractivity contribution < 1.29 is 19.1 Å². The molecule has 1 saturated heterocycles. The van der Waals surface area contributed by atoms with Gasteiger partial charge in [-0.05, 0) is 67.4 Å². The van der Waals surface area contributed by atoms with Gasteiger partial charge in [-0.25, -0.2) is 4.79 Å². The van der Waals surface area contributed by atoms with Crippen molar-refractivity contribution in [2.75, 3.05) is 22.1 Å². The molecule has 7 nitrogen and oxygen atoms in total. The van der Waals surface area contributed by atoms with Crippen LogP contribution in [0.3, 0.4) is 0 Å². The van der Waals surface area contributed by atoms with Gasteiger partial charge in [-0.3, -0.25) is 14.9 Å². The highest BCUT2D eigenvalue weighted by Crippen LogP contribution is 2.27. The van der Waals surface area contributed by atoms with E-state index in [4.69, 9.17) is 4.74 Å². The molecule has 33 heavy (non-hydrogen) atoms. The number of carbonyl (C=O) groups excluding carboxylic acids is 3. The lowest BCUT2D eigenvalue weighted by molar-refractivity contribution is -0.117. The minimum atomic E-state index is -0.628. The molecule has 1 heterocycles. The van der Waals surface area contributed by atoms with Gasteiger partial charge in [-0.15, -0.1) is 0 Å². The van der Waals surface area contributed by atoms with Gasteiger partial charge in [-0.2, -0.15) is 0 Å². The molecule has 1 aliphatic rings. The predicted octanol–water partition coefficient (Wildman–Crippen LogP) is 4.91. The van der Waals surface area contributed by atoms with E-state index in [1.54, 1.807) is 53.4 Å². The highest BCUT2D eigenvalue weighted by molar-refractivity contribution is 6.04. The Labute approximate surface area is 192 Å². The van der Waals surface area contributed by atoms with Gasteiger partial charge >= 0.3 is 6.09 Å². The standard InChI is InChI=1S/C26H25N3O4/c1-17-8-9-18(2)23(14-17)29-16-22(15-24(29)30)33-26(32)28-21-12-10-20(11-13-21)27-25(31)19-6-4-3-5-7-19/h3-14,22H,15-16H2,1-2H3,(H,27,31)(H,28,32). The molecule has 1 fully saturated rings. The zero-order chi connectivity index (χ0) is 23.4. The van der Waals surface area contributed by atoms with E-state index in [1.165, 1.54) is 0 Å². The molecule has 0 saturated carbocycles. The Kier molecular flexibility index (Phi) is 6.40. The Balaban J connectivity index is 1.31. The van der Waals surface area contributed by atoms with Crippen LogP contribution in [0.15, 0.2) is 72.8 Å². The van der Waals surface area contributed by atoms with Crippen LogP contribution in [-0.2, 0) is 9.53 Å². The zero-order valence-electron chi connectivity index (χ0n) is 18.5. The van der Waals surface area contributed by atoms with Crippen molar-refractivity contribution in [2.45, 2.75) is 26.4 Å². The van der Waals surface area contributed by atoms with Gasteiger partial charge < -0.3 is 15.0 Å². The number of nitrogens with one attached hydrogen (secondary N) is 2. The first kappa shape index (κ1) is 22.1. The summed E-state index contributed by atoms with van der Waals surface area (Å²) in [6.07, 6.45) is -1.01. The molecular weight excluding hydrogens is 418 g/mol. The van der Waals surface area contributed by atoms with Gasteiger partial charge in [0.05, 0.1) is 13.0 Å². The predicted molar refractivity (Wildman–Crippen MR) is 128 cm³/mol. The number of hydrogen-bond acceptors (Lipinski definition) is 4. The van der Waals surface area contributed by atoms with Gasteiger partial charge in [0, 0.05) is 22.6 Å². The normalized spacial score (nSPS) is 15.3. The van der Waals surface area contributed by atoms with E-state index in [1.807, 2.05) is 38.1 Å². The average Bonchev–Trinajstić information content (AvgIpc) is 3.16. The molecule has 3 aromatic rings. The summed E-state index contributed by atoms with van der Waals surface area (Å²) >= 11 is 0. The minimum absolute atomic E-state index is 0.0694. The fourth-order valence-corrected chi connectivity index (χ4v) is 3.73. The van der Waals surface area contributed by atoms with Crippen LogP contribution in [0.2, 0.25) is 0 Å². The number of benzene rings is 3. The molecule has 1 unspecified atom stereocenters. The Morgan fingerprint density at radius 3 is 2.27 bits per heavy atom. The molecule has 3 amide bonds. The largest absolute Gasteiger partial charge is 0.444 e. The van der Waals surface area contributed by atoms with Crippen LogP contribution in [0.5, 0.6) is 0 Å². The van der Waals surface area contributed by atoms with Crippen molar-refractivity contribution in [3.63, 3.8) is 0 Å². The van der Waals surface area contributed by atoms with Crippen LogP contribution in [0.1, 0.15) is 27.9 Å². The molecule has 3 aromatic carbocycles. The second kappa shape index (κ2) is 9.56. The molecule has 1 aliphatic heterocycles. The molecule has 0 spiro atoms. The van der Waals surface area contributed by atoms with Crippen LogP contribution in [0, 0.1) is 13.8 Å². The minimum Gasteiger partial charge on any atom is -0.444 e. The molecule has 0 aliphatic carbocycles. The van der Waals surface area contributed by atoms with Crippen molar-refractivity contribution in [1.29, 1.82) is 0 Å². The second-order valence-electron chi connectivity index (χ2n) is 8.05.